The average Bonchev–Trinajstić information content (AvgIpc) is 2.47. The van der Waals surface area contributed by atoms with E-state index in [4.69, 9.17) is 16.3 Å². The van der Waals surface area contributed by atoms with Gasteiger partial charge in [-0.05, 0) is 24.6 Å². The van der Waals surface area contributed by atoms with Crippen LogP contribution in [0.5, 0.6) is 5.75 Å². The van der Waals surface area contributed by atoms with Crippen molar-refractivity contribution in [3.8, 4) is 5.75 Å². The number of methoxy groups -OCH3 is 1. The van der Waals surface area contributed by atoms with Gasteiger partial charge in [-0.1, -0.05) is 41.9 Å². The zero-order chi connectivity index (χ0) is 14.6. The van der Waals surface area contributed by atoms with Gasteiger partial charge in [-0.2, -0.15) is 0 Å². The molecule has 0 saturated carbocycles. The van der Waals surface area contributed by atoms with Gasteiger partial charge in [-0.15, -0.1) is 0 Å². The lowest BCUT2D eigenvalue weighted by molar-refractivity contribution is 0.0715. The molecule has 0 heterocycles. The van der Waals surface area contributed by atoms with E-state index in [9.17, 15) is 5.11 Å². The number of hydrogen-bond acceptors (Lipinski definition) is 3. The second-order valence-corrected chi connectivity index (χ2v) is 5.25. The number of rotatable bonds is 5. The summed E-state index contributed by atoms with van der Waals surface area (Å²) in [7, 11) is 1.60. The van der Waals surface area contributed by atoms with E-state index in [1.165, 1.54) is 0 Å². The molecule has 0 fully saturated rings. The van der Waals surface area contributed by atoms with Gasteiger partial charge in [0.15, 0.2) is 0 Å². The van der Waals surface area contributed by atoms with Crippen LogP contribution in [0, 0.1) is 0 Å². The lowest BCUT2D eigenvalue weighted by Crippen LogP contribution is -2.30. The lowest BCUT2D eigenvalue weighted by Gasteiger charge is -2.25. The Morgan fingerprint density at radius 3 is 2.55 bits per heavy atom. The summed E-state index contributed by atoms with van der Waals surface area (Å²) in [6, 6.07) is 14.9. The third kappa shape index (κ3) is 3.44. The largest absolute Gasteiger partial charge is 0.497 e. The number of anilines is 1. The molecule has 0 saturated heterocycles. The van der Waals surface area contributed by atoms with Crippen molar-refractivity contribution >= 4 is 17.3 Å². The highest BCUT2D eigenvalue weighted by molar-refractivity contribution is 6.33. The van der Waals surface area contributed by atoms with Crippen molar-refractivity contribution in [3.05, 3.63) is 59.1 Å². The van der Waals surface area contributed by atoms with Crippen LogP contribution in [0.4, 0.5) is 5.69 Å². The lowest BCUT2D eigenvalue weighted by atomic mass is 9.96. The Balaban J connectivity index is 2.12. The van der Waals surface area contributed by atoms with E-state index in [1.807, 2.05) is 36.4 Å². The van der Waals surface area contributed by atoms with Crippen LogP contribution < -0.4 is 10.1 Å². The van der Waals surface area contributed by atoms with Gasteiger partial charge in [0, 0.05) is 12.6 Å². The molecule has 0 aliphatic heterocycles. The molecule has 1 unspecified atom stereocenters. The van der Waals surface area contributed by atoms with Crippen molar-refractivity contribution in [2.24, 2.45) is 0 Å². The SMILES string of the molecule is COc1ccc(Cl)c(NCC(C)(O)c2ccccc2)c1. The van der Waals surface area contributed by atoms with Crippen LogP contribution in [-0.4, -0.2) is 18.8 Å². The van der Waals surface area contributed by atoms with Crippen LogP contribution in [0.1, 0.15) is 12.5 Å². The van der Waals surface area contributed by atoms with E-state index in [0.717, 1.165) is 17.0 Å². The number of ether oxygens (including phenoxy) is 1. The standard InChI is InChI=1S/C16H18ClNO2/c1-16(19,12-6-4-3-5-7-12)11-18-15-10-13(20-2)8-9-14(15)17/h3-10,18-19H,11H2,1-2H3. The summed E-state index contributed by atoms with van der Waals surface area (Å²) >= 11 is 6.13. The fourth-order valence-electron chi connectivity index (χ4n) is 1.93. The van der Waals surface area contributed by atoms with Crippen molar-refractivity contribution < 1.29 is 9.84 Å². The van der Waals surface area contributed by atoms with Crippen LogP contribution in [0.15, 0.2) is 48.5 Å². The molecule has 2 N–H and O–H groups in total. The number of benzene rings is 2. The van der Waals surface area contributed by atoms with E-state index in [2.05, 4.69) is 5.32 Å². The first-order chi connectivity index (χ1) is 9.53. The van der Waals surface area contributed by atoms with E-state index in [-0.39, 0.29) is 0 Å². The maximum Gasteiger partial charge on any atom is 0.121 e. The molecule has 0 amide bonds. The van der Waals surface area contributed by atoms with Crippen LogP contribution in [0.2, 0.25) is 5.02 Å². The van der Waals surface area contributed by atoms with Crippen molar-refractivity contribution in [3.63, 3.8) is 0 Å². The zero-order valence-electron chi connectivity index (χ0n) is 11.6. The minimum Gasteiger partial charge on any atom is -0.497 e. The molecule has 1 atom stereocenters. The first-order valence-corrected chi connectivity index (χ1v) is 6.76. The highest BCUT2D eigenvalue weighted by Gasteiger charge is 2.22. The summed E-state index contributed by atoms with van der Waals surface area (Å²) < 4.78 is 5.17. The van der Waals surface area contributed by atoms with Gasteiger partial charge in [0.2, 0.25) is 0 Å². The molecular formula is C16H18ClNO2. The van der Waals surface area contributed by atoms with Gasteiger partial charge < -0.3 is 15.2 Å². The molecule has 20 heavy (non-hydrogen) atoms. The Kier molecular flexibility index (Phi) is 4.53. The van der Waals surface area contributed by atoms with Crippen LogP contribution in [0.3, 0.4) is 0 Å². The van der Waals surface area contributed by atoms with E-state index in [0.29, 0.717) is 11.6 Å². The van der Waals surface area contributed by atoms with Gasteiger partial charge in [-0.3, -0.25) is 0 Å². The van der Waals surface area contributed by atoms with Crippen LogP contribution >= 0.6 is 11.6 Å². The molecule has 0 aliphatic carbocycles. The summed E-state index contributed by atoms with van der Waals surface area (Å²) in [5.41, 5.74) is 0.613. The quantitative estimate of drug-likeness (QED) is 0.883. The summed E-state index contributed by atoms with van der Waals surface area (Å²) in [6.07, 6.45) is 0. The van der Waals surface area contributed by atoms with E-state index < -0.39 is 5.60 Å². The normalized spacial score (nSPS) is 13.6. The molecule has 0 aliphatic rings. The zero-order valence-corrected chi connectivity index (χ0v) is 12.3. The van der Waals surface area contributed by atoms with Crippen molar-refractivity contribution in [2.75, 3.05) is 19.0 Å². The Bertz CT molecular complexity index is 570. The summed E-state index contributed by atoms with van der Waals surface area (Å²) in [6.45, 7) is 2.12. The molecule has 0 spiro atoms. The van der Waals surface area contributed by atoms with Crippen molar-refractivity contribution in [1.29, 1.82) is 0 Å². The van der Waals surface area contributed by atoms with E-state index in [1.54, 1.807) is 26.2 Å². The maximum atomic E-state index is 10.5. The van der Waals surface area contributed by atoms with Crippen LogP contribution in [-0.2, 0) is 5.60 Å². The fourth-order valence-corrected chi connectivity index (χ4v) is 2.12. The molecule has 2 rings (SSSR count). The van der Waals surface area contributed by atoms with Crippen LogP contribution in [0.25, 0.3) is 0 Å². The fraction of sp³-hybridized carbons (Fsp3) is 0.250. The molecule has 2 aromatic carbocycles. The topological polar surface area (TPSA) is 41.5 Å². The molecule has 2 aromatic rings. The molecule has 0 radical (unpaired) electrons. The number of halogens is 1. The third-order valence-electron chi connectivity index (χ3n) is 3.19. The predicted molar refractivity (Wildman–Crippen MR) is 82.5 cm³/mol. The monoisotopic (exact) mass is 291 g/mol. The third-order valence-corrected chi connectivity index (χ3v) is 3.52. The minimum atomic E-state index is -0.979. The second-order valence-electron chi connectivity index (χ2n) is 4.84. The summed E-state index contributed by atoms with van der Waals surface area (Å²) in [5, 5.41) is 14.3. The van der Waals surface area contributed by atoms with Gasteiger partial charge >= 0.3 is 0 Å². The highest BCUT2D eigenvalue weighted by atomic mass is 35.5. The van der Waals surface area contributed by atoms with Gasteiger partial charge in [0.05, 0.1) is 17.8 Å². The molecule has 106 valence electrons. The number of hydrogen-bond donors (Lipinski definition) is 2. The van der Waals surface area contributed by atoms with Gasteiger partial charge in [0.25, 0.3) is 0 Å². The Morgan fingerprint density at radius 1 is 1.20 bits per heavy atom. The van der Waals surface area contributed by atoms with Gasteiger partial charge in [-0.25, -0.2) is 0 Å². The first-order valence-electron chi connectivity index (χ1n) is 6.38. The minimum absolute atomic E-state index is 0.351. The molecule has 0 aromatic heterocycles. The summed E-state index contributed by atoms with van der Waals surface area (Å²) in [5.74, 6) is 0.719. The van der Waals surface area contributed by atoms with Crippen molar-refractivity contribution in [1.82, 2.24) is 0 Å². The molecular weight excluding hydrogens is 274 g/mol. The number of aliphatic hydroxyl groups is 1. The molecule has 4 heteroatoms. The second kappa shape index (κ2) is 6.16. The predicted octanol–water partition coefficient (Wildman–Crippen LogP) is 3.67. The van der Waals surface area contributed by atoms with E-state index >= 15 is 0 Å². The first kappa shape index (κ1) is 14.7. The smallest absolute Gasteiger partial charge is 0.121 e. The molecule has 3 nitrogen and oxygen atoms in total. The average molecular weight is 292 g/mol. The highest BCUT2D eigenvalue weighted by Crippen LogP contribution is 2.28. The Labute approximate surface area is 124 Å². The number of nitrogens with one attached hydrogen (secondary N) is 1. The maximum absolute atomic E-state index is 10.5. The van der Waals surface area contributed by atoms with Gasteiger partial charge in [0.1, 0.15) is 11.4 Å². The van der Waals surface area contributed by atoms with Crippen molar-refractivity contribution in [2.45, 2.75) is 12.5 Å². The molecule has 0 bridgehead atoms. The summed E-state index contributed by atoms with van der Waals surface area (Å²) in [4.78, 5) is 0. The Hall–Kier alpha value is -1.71. The Morgan fingerprint density at radius 2 is 1.90 bits per heavy atom.